The van der Waals surface area contributed by atoms with E-state index in [1.807, 2.05) is 13.0 Å². The summed E-state index contributed by atoms with van der Waals surface area (Å²) in [6.45, 7) is 3.73. The number of fused-ring (bicyclic) bond motifs is 1. The molecule has 3 aromatic rings. The maximum absolute atomic E-state index is 11.1. The maximum Gasteiger partial charge on any atom is 0.308 e. The lowest BCUT2D eigenvalue weighted by atomic mass is 10.2. The fourth-order valence-corrected chi connectivity index (χ4v) is 2.47. The minimum absolute atomic E-state index is 0.0230. The lowest BCUT2D eigenvalue weighted by molar-refractivity contribution is -0.131. The first kappa shape index (κ1) is 18.5. The number of benzene rings is 1. The Bertz CT molecular complexity index is 924. The van der Waals surface area contributed by atoms with E-state index >= 15 is 0 Å². The summed E-state index contributed by atoms with van der Waals surface area (Å²) in [6, 6.07) is 7.05. The third-order valence-corrected chi connectivity index (χ3v) is 3.86. The molecule has 0 aliphatic heterocycles. The predicted octanol–water partition coefficient (Wildman–Crippen LogP) is 1.47. The van der Waals surface area contributed by atoms with Crippen LogP contribution in [0.4, 0.5) is 11.8 Å². The van der Waals surface area contributed by atoms with Crippen LogP contribution in [-0.2, 0) is 11.3 Å². The summed E-state index contributed by atoms with van der Waals surface area (Å²) in [6.07, 6.45) is 0.727. The molecule has 0 saturated carbocycles. The number of aromatic nitrogens is 5. The largest absolute Gasteiger partial charge is 0.427 e. The predicted molar refractivity (Wildman–Crippen MR) is 99.3 cm³/mol. The molecule has 0 amide bonds. The summed E-state index contributed by atoms with van der Waals surface area (Å²) in [7, 11) is 0. The number of aromatic amines is 1. The second-order valence-corrected chi connectivity index (χ2v) is 5.93. The van der Waals surface area contributed by atoms with Crippen molar-refractivity contribution in [3.05, 3.63) is 29.8 Å². The van der Waals surface area contributed by atoms with E-state index in [0.717, 1.165) is 12.0 Å². The minimum Gasteiger partial charge on any atom is -0.427 e. The molecule has 27 heavy (non-hydrogen) atoms. The molecule has 0 fully saturated rings. The van der Waals surface area contributed by atoms with Crippen molar-refractivity contribution in [3.8, 4) is 5.75 Å². The van der Waals surface area contributed by atoms with Gasteiger partial charge in [-0.1, -0.05) is 24.3 Å². The molecule has 0 radical (unpaired) electrons. The van der Waals surface area contributed by atoms with Crippen LogP contribution in [0, 0.1) is 0 Å². The van der Waals surface area contributed by atoms with Crippen LogP contribution < -0.4 is 15.4 Å². The van der Waals surface area contributed by atoms with E-state index in [1.54, 1.807) is 18.2 Å². The Hall–Kier alpha value is -3.27. The highest BCUT2D eigenvalue weighted by atomic mass is 16.5. The smallest absolute Gasteiger partial charge is 0.308 e. The van der Waals surface area contributed by atoms with E-state index in [0.29, 0.717) is 35.2 Å². The third kappa shape index (κ3) is 4.67. The van der Waals surface area contributed by atoms with Gasteiger partial charge >= 0.3 is 5.97 Å². The molecule has 0 saturated heterocycles. The molecule has 1 atom stereocenters. The monoisotopic (exact) mass is 371 g/mol. The maximum atomic E-state index is 11.1. The average molecular weight is 371 g/mol. The highest BCUT2D eigenvalue weighted by Gasteiger charge is 2.13. The number of carbonyl (C=O) groups is 1. The van der Waals surface area contributed by atoms with E-state index in [1.165, 1.54) is 6.92 Å². The van der Waals surface area contributed by atoms with Crippen LogP contribution in [0.15, 0.2) is 24.3 Å². The number of nitrogens with zero attached hydrogens (tertiary/aromatic N) is 4. The molecular formula is C17H21N7O3. The van der Waals surface area contributed by atoms with Crippen LogP contribution in [0.3, 0.4) is 0 Å². The van der Waals surface area contributed by atoms with Crippen LogP contribution in [0.5, 0.6) is 5.75 Å². The van der Waals surface area contributed by atoms with Crippen LogP contribution in [0.25, 0.3) is 11.2 Å². The van der Waals surface area contributed by atoms with Crippen LogP contribution in [0.2, 0.25) is 0 Å². The van der Waals surface area contributed by atoms with Crippen molar-refractivity contribution in [2.24, 2.45) is 0 Å². The second-order valence-electron chi connectivity index (χ2n) is 5.93. The Morgan fingerprint density at radius 2 is 2.22 bits per heavy atom. The number of ether oxygens (including phenoxy) is 1. The molecule has 2 aromatic heterocycles. The van der Waals surface area contributed by atoms with Crippen molar-refractivity contribution >= 4 is 28.9 Å². The lowest BCUT2D eigenvalue weighted by Crippen LogP contribution is -2.24. The van der Waals surface area contributed by atoms with E-state index < -0.39 is 0 Å². The number of H-pyrrole nitrogens is 1. The fourth-order valence-electron chi connectivity index (χ4n) is 2.47. The van der Waals surface area contributed by atoms with E-state index in [2.05, 4.69) is 36.0 Å². The van der Waals surface area contributed by atoms with Gasteiger partial charge in [0.15, 0.2) is 17.0 Å². The Kier molecular flexibility index (Phi) is 5.77. The summed E-state index contributed by atoms with van der Waals surface area (Å²) in [4.78, 5) is 19.9. The van der Waals surface area contributed by atoms with Gasteiger partial charge in [0.1, 0.15) is 5.75 Å². The summed E-state index contributed by atoms with van der Waals surface area (Å²) in [5, 5.41) is 26.2. The van der Waals surface area contributed by atoms with Gasteiger partial charge in [-0.15, -0.1) is 5.10 Å². The van der Waals surface area contributed by atoms with Gasteiger partial charge in [0.05, 0.1) is 12.6 Å². The Morgan fingerprint density at radius 3 is 2.96 bits per heavy atom. The Labute approximate surface area is 155 Å². The standard InChI is InChI=1S/C17H21N7O3/c1-3-12(9-25)19-17-20-15(14-16(21-17)23-24-22-14)18-8-11-5-4-6-13(7-11)27-10(2)26/h4-7,12,25H,3,8-9H2,1-2H3,(H3,18,19,20,21,22,23,24). The van der Waals surface area contributed by atoms with Gasteiger partial charge in [0.2, 0.25) is 5.95 Å². The number of nitrogens with one attached hydrogen (secondary N) is 3. The second kappa shape index (κ2) is 8.41. The quantitative estimate of drug-likeness (QED) is 0.342. The van der Waals surface area contributed by atoms with Gasteiger partial charge in [0, 0.05) is 13.5 Å². The number of aliphatic hydroxyl groups excluding tert-OH is 1. The number of rotatable bonds is 8. The highest BCUT2D eigenvalue weighted by molar-refractivity contribution is 5.83. The van der Waals surface area contributed by atoms with Crippen LogP contribution in [-0.4, -0.2) is 49.1 Å². The van der Waals surface area contributed by atoms with Gasteiger partial charge in [-0.25, -0.2) is 5.10 Å². The Balaban J connectivity index is 1.79. The number of hydrogen-bond acceptors (Lipinski definition) is 9. The molecule has 0 aliphatic carbocycles. The van der Waals surface area contributed by atoms with Gasteiger partial charge < -0.3 is 20.5 Å². The molecule has 142 valence electrons. The summed E-state index contributed by atoms with van der Waals surface area (Å²) in [5.74, 6) is 0.977. The SMILES string of the molecule is CCC(CO)Nc1nc(NCc2cccc(OC(C)=O)c2)c2nn[nH]c2n1. The molecule has 2 heterocycles. The minimum atomic E-state index is -0.370. The molecule has 4 N–H and O–H groups in total. The zero-order valence-electron chi connectivity index (χ0n) is 15.1. The summed E-state index contributed by atoms with van der Waals surface area (Å²) < 4.78 is 5.10. The Morgan fingerprint density at radius 1 is 1.37 bits per heavy atom. The molecule has 1 unspecified atom stereocenters. The van der Waals surface area contributed by atoms with Gasteiger partial charge in [-0.2, -0.15) is 9.97 Å². The van der Waals surface area contributed by atoms with Crippen LogP contribution >= 0.6 is 0 Å². The number of anilines is 2. The zero-order chi connectivity index (χ0) is 19.2. The topological polar surface area (TPSA) is 138 Å². The first-order valence-corrected chi connectivity index (χ1v) is 8.56. The van der Waals surface area contributed by atoms with E-state index in [4.69, 9.17) is 4.74 Å². The molecule has 10 heteroatoms. The average Bonchev–Trinajstić information content (AvgIpc) is 3.12. The number of aliphatic hydroxyl groups is 1. The highest BCUT2D eigenvalue weighted by Crippen LogP contribution is 2.20. The molecular weight excluding hydrogens is 350 g/mol. The molecule has 0 spiro atoms. The first-order valence-electron chi connectivity index (χ1n) is 8.56. The van der Waals surface area contributed by atoms with Crippen molar-refractivity contribution in [1.29, 1.82) is 0 Å². The van der Waals surface area contributed by atoms with Crippen molar-refractivity contribution in [2.45, 2.75) is 32.9 Å². The fraction of sp³-hybridized carbons (Fsp3) is 0.353. The summed E-state index contributed by atoms with van der Waals surface area (Å²) in [5.41, 5.74) is 1.89. The van der Waals surface area contributed by atoms with Crippen molar-refractivity contribution in [1.82, 2.24) is 25.4 Å². The van der Waals surface area contributed by atoms with Crippen molar-refractivity contribution < 1.29 is 14.6 Å². The molecule has 0 aliphatic rings. The van der Waals surface area contributed by atoms with Gasteiger partial charge in [0.25, 0.3) is 0 Å². The van der Waals surface area contributed by atoms with E-state index in [-0.39, 0.29) is 18.6 Å². The molecule has 0 bridgehead atoms. The summed E-state index contributed by atoms with van der Waals surface area (Å²) >= 11 is 0. The number of esters is 1. The van der Waals surface area contributed by atoms with Gasteiger partial charge in [-0.3, -0.25) is 4.79 Å². The van der Waals surface area contributed by atoms with Crippen molar-refractivity contribution in [2.75, 3.05) is 17.2 Å². The van der Waals surface area contributed by atoms with Crippen molar-refractivity contribution in [3.63, 3.8) is 0 Å². The molecule has 3 rings (SSSR count). The lowest BCUT2D eigenvalue weighted by Gasteiger charge is -2.15. The number of carbonyl (C=O) groups excluding carboxylic acids is 1. The first-order chi connectivity index (χ1) is 13.1. The van der Waals surface area contributed by atoms with Crippen LogP contribution in [0.1, 0.15) is 25.8 Å². The third-order valence-electron chi connectivity index (χ3n) is 3.86. The van der Waals surface area contributed by atoms with E-state index in [9.17, 15) is 9.90 Å². The molecule has 1 aromatic carbocycles. The van der Waals surface area contributed by atoms with Gasteiger partial charge in [-0.05, 0) is 24.1 Å². The molecule has 10 nitrogen and oxygen atoms in total. The number of hydrogen-bond donors (Lipinski definition) is 4. The zero-order valence-corrected chi connectivity index (χ0v) is 15.1. The normalized spacial score (nSPS) is 12.0.